The summed E-state index contributed by atoms with van der Waals surface area (Å²) >= 11 is 1.69. The van der Waals surface area contributed by atoms with Crippen molar-refractivity contribution in [2.24, 2.45) is 0 Å². The molecule has 0 saturated heterocycles. The van der Waals surface area contributed by atoms with Gasteiger partial charge in [-0.1, -0.05) is 30.3 Å². The van der Waals surface area contributed by atoms with Crippen LogP contribution in [-0.2, 0) is 12.8 Å². The van der Waals surface area contributed by atoms with Crippen molar-refractivity contribution in [2.75, 3.05) is 7.11 Å². The zero-order valence-corrected chi connectivity index (χ0v) is 12.8. The first-order chi connectivity index (χ1) is 10.3. The van der Waals surface area contributed by atoms with Crippen molar-refractivity contribution in [1.82, 2.24) is 0 Å². The van der Waals surface area contributed by atoms with E-state index in [1.165, 1.54) is 10.3 Å². The summed E-state index contributed by atoms with van der Waals surface area (Å²) in [6.07, 6.45) is 1.00. The van der Waals surface area contributed by atoms with E-state index in [2.05, 4.69) is 24.3 Å². The lowest BCUT2D eigenvalue weighted by Gasteiger charge is -2.12. The molecule has 2 aromatic carbocycles. The maximum atomic E-state index is 10.3. The van der Waals surface area contributed by atoms with Crippen LogP contribution < -0.4 is 4.74 Å². The van der Waals surface area contributed by atoms with Crippen LogP contribution >= 0.6 is 11.3 Å². The van der Waals surface area contributed by atoms with Crippen molar-refractivity contribution in [3.8, 4) is 5.75 Å². The molecule has 108 valence electrons. The van der Waals surface area contributed by atoms with Gasteiger partial charge in [-0.15, -0.1) is 11.3 Å². The molecule has 0 fully saturated rings. The van der Waals surface area contributed by atoms with Crippen LogP contribution in [0.15, 0.2) is 53.9 Å². The van der Waals surface area contributed by atoms with Crippen molar-refractivity contribution in [2.45, 2.75) is 18.9 Å². The fourth-order valence-corrected chi connectivity index (χ4v) is 3.39. The second kappa shape index (κ2) is 6.29. The number of aliphatic hydroxyl groups excluding tert-OH is 1. The first-order valence-corrected chi connectivity index (χ1v) is 7.90. The summed E-state index contributed by atoms with van der Waals surface area (Å²) in [5.74, 6) is 0.850. The number of methoxy groups -OCH3 is 1. The van der Waals surface area contributed by atoms with Gasteiger partial charge in [-0.25, -0.2) is 0 Å². The molecule has 0 spiro atoms. The van der Waals surface area contributed by atoms with E-state index in [-0.39, 0.29) is 6.10 Å². The molecule has 0 radical (unpaired) electrons. The number of thiophene rings is 1. The minimum absolute atomic E-state index is 0.361. The molecule has 0 aliphatic heterocycles. The molecule has 0 aliphatic carbocycles. The Labute approximate surface area is 128 Å². The second-order valence-corrected chi connectivity index (χ2v) is 6.18. The van der Waals surface area contributed by atoms with E-state index >= 15 is 0 Å². The fraction of sp³-hybridized carbons (Fsp3) is 0.222. The van der Waals surface area contributed by atoms with Gasteiger partial charge in [0.1, 0.15) is 5.75 Å². The molecule has 0 saturated carbocycles. The molecule has 1 N–H and O–H groups in total. The smallest absolute Gasteiger partial charge is 0.119 e. The molecule has 1 heterocycles. The Balaban J connectivity index is 1.85. The highest BCUT2D eigenvalue weighted by atomic mass is 32.1. The molecule has 1 atom stereocenters. The lowest BCUT2D eigenvalue weighted by atomic mass is 9.98. The van der Waals surface area contributed by atoms with Crippen LogP contribution in [0.1, 0.15) is 10.4 Å². The van der Waals surface area contributed by atoms with Gasteiger partial charge < -0.3 is 9.84 Å². The summed E-state index contributed by atoms with van der Waals surface area (Å²) in [6.45, 7) is 0. The molecule has 1 aromatic heterocycles. The van der Waals surface area contributed by atoms with Gasteiger partial charge in [0.2, 0.25) is 0 Å². The van der Waals surface area contributed by atoms with Gasteiger partial charge in [0.25, 0.3) is 0 Å². The van der Waals surface area contributed by atoms with E-state index in [1.807, 2.05) is 29.6 Å². The van der Waals surface area contributed by atoms with E-state index in [0.717, 1.165) is 16.7 Å². The van der Waals surface area contributed by atoms with Gasteiger partial charge in [0.05, 0.1) is 13.2 Å². The summed E-state index contributed by atoms with van der Waals surface area (Å²) in [4.78, 5) is 1.22. The van der Waals surface area contributed by atoms with E-state index < -0.39 is 0 Å². The van der Waals surface area contributed by atoms with E-state index in [9.17, 15) is 5.11 Å². The normalized spacial score (nSPS) is 12.5. The zero-order chi connectivity index (χ0) is 14.7. The lowest BCUT2D eigenvalue weighted by molar-refractivity contribution is 0.176. The third-order valence-electron chi connectivity index (χ3n) is 3.65. The van der Waals surface area contributed by atoms with Crippen LogP contribution in [0.25, 0.3) is 10.8 Å². The van der Waals surface area contributed by atoms with Crippen LogP contribution in [0.4, 0.5) is 0 Å². The number of fused-ring (bicyclic) bond motifs is 1. The Bertz CT molecular complexity index is 719. The quantitative estimate of drug-likeness (QED) is 0.770. The number of hydrogen-bond acceptors (Lipinski definition) is 3. The summed E-state index contributed by atoms with van der Waals surface area (Å²) < 4.78 is 5.31. The predicted molar refractivity (Wildman–Crippen MR) is 88.2 cm³/mol. The molecule has 3 rings (SSSR count). The van der Waals surface area contributed by atoms with Gasteiger partial charge >= 0.3 is 0 Å². The predicted octanol–water partition coefficient (Wildman–Crippen LogP) is 4.06. The first kappa shape index (κ1) is 14.1. The maximum Gasteiger partial charge on any atom is 0.119 e. The average Bonchev–Trinajstić information content (AvgIpc) is 3.00. The first-order valence-electron chi connectivity index (χ1n) is 7.02. The molecule has 3 aromatic rings. The highest BCUT2D eigenvalue weighted by molar-refractivity contribution is 7.09. The molecule has 3 heteroatoms. The number of benzene rings is 2. The van der Waals surface area contributed by atoms with E-state index in [4.69, 9.17) is 4.74 Å². The summed E-state index contributed by atoms with van der Waals surface area (Å²) in [5, 5.41) is 14.7. The van der Waals surface area contributed by atoms with Gasteiger partial charge in [-0.05, 0) is 46.3 Å². The van der Waals surface area contributed by atoms with Gasteiger partial charge in [-0.2, -0.15) is 0 Å². The molecular weight excluding hydrogens is 280 g/mol. The largest absolute Gasteiger partial charge is 0.497 e. The van der Waals surface area contributed by atoms with E-state index in [0.29, 0.717) is 12.8 Å². The topological polar surface area (TPSA) is 29.5 Å². The van der Waals surface area contributed by atoms with Crippen LogP contribution in [0, 0.1) is 0 Å². The molecular formula is C18H18O2S. The highest BCUT2D eigenvalue weighted by Crippen LogP contribution is 2.25. The number of aliphatic hydroxyl groups is 1. The Hall–Kier alpha value is -1.84. The zero-order valence-electron chi connectivity index (χ0n) is 12.0. The number of rotatable bonds is 5. The molecule has 0 amide bonds. The number of hydrogen-bond donors (Lipinski definition) is 1. The summed E-state index contributed by atoms with van der Waals surface area (Å²) in [5.41, 5.74) is 1.16. The lowest BCUT2D eigenvalue weighted by Crippen LogP contribution is -2.13. The monoisotopic (exact) mass is 298 g/mol. The highest BCUT2D eigenvalue weighted by Gasteiger charge is 2.10. The fourth-order valence-electron chi connectivity index (χ4n) is 2.61. The Morgan fingerprint density at radius 1 is 1.10 bits per heavy atom. The molecule has 2 nitrogen and oxygen atoms in total. The minimum Gasteiger partial charge on any atom is -0.497 e. The van der Waals surface area contributed by atoms with Crippen LogP contribution in [0.5, 0.6) is 5.75 Å². The standard InChI is InChI=1S/C18H18O2S/c1-20-16-8-7-13-4-2-5-14(18(13)12-16)10-15(19)11-17-6-3-9-21-17/h2-9,12,15,19H,10-11H2,1H3. The van der Waals surface area contributed by atoms with Crippen molar-refractivity contribution in [3.63, 3.8) is 0 Å². The van der Waals surface area contributed by atoms with Gasteiger partial charge in [-0.3, -0.25) is 0 Å². The van der Waals surface area contributed by atoms with Crippen LogP contribution in [-0.4, -0.2) is 18.3 Å². The number of ether oxygens (including phenoxy) is 1. The Kier molecular flexibility index (Phi) is 4.23. The SMILES string of the molecule is COc1ccc2cccc(CC(O)Cc3cccs3)c2c1. The van der Waals surface area contributed by atoms with Gasteiger partial charge in [0, 0.05) is 11.3 Å². The minimum atomic E-state index is -0.361. The molecule has 1 unspecified atom stereocenters. The van der Waals surface area contributed by atoms with Crippen molar-refractivity contribution in [3.05, 3.63) is 64.4 Å². The van der Waals surface area contributed by atoms with Gasteiger partial charge in [0.15, 0.2) is 0 Å². The summed E-state index contributed by atoms with van der Waals surface area (Å²) in [7, 11) is 1.68. The third-order valence-corrected chi connectivity index (χ3v) is 4.55. The third kappa shape index (κ3) is 3.26. The Morgan fingerprint density at radius 2 is 2.00 bits per heavy atom. The van der Waals surface area contributed by atoms with Crippen molar-refractivity contribution >= 4 is 22.1 Å². The second-order valence-electron chi connectivity index (χ2n) is 5.15. The van der Waals surface area contributed by atoms with Crippen LogP contribution in [0.2, 0.25) is 0 Å². The molecule has 0 bridgehead atoms. The van der Waals surface area contributed by atoms with Crippen molar-refractivity contribution < 1.29 is 9.84 Å². The maximum absolute atomic E-state index is 10.3. The average molecular weight is 298 g/mol. The molecule has 21 heavy (non-hydrogen) atoms. The Morgan fingerprint density at radius 3 is 2.76 bits per heavy atom. The molecule has 0 aliphatic rings. The van der Waals surface area contributed by atoms with Crippen LogP contribution in [0.3, 0.4) is 0 Å². The van der Waals surface area contributed by atoms with Crippen molar-refractivity contribution in [1.29, 1.82) is 0 Å². The summed E-state index contributed by atoms with van der Waals surface area (Å²) in [6, 6.07) is 16.4. The van der Waals surface area contributed by atoms with E-state index in [1.54, 1.807) is 18.4 Å².